The lowest BCUT2D eigenvalue weighted by Crippen LogP contribution is -2.51. The Bertz CT molecular complexity index is 584. The molecule has 156 valence electrons. The van der Waals surface area contributed by atoms with Crippen molar-refractivity contribution in [3.8, 4) is 6.07 Å². The Morgan fingerprint density at radius 2 is 1.61 bits per heavy atom. The van der Waals surface area contributed by atoms with Gasteiger partial charge in [-0.25, -0.2) is 0 Å². The first-order valence-corrected chi connectivity index (χ1v) is 11.2. The molecule has 2 saturated carbocycles. The van der Waals surface area contributed by atoms with E-state index in [1.165, 1.54) is 51.6 Å². The Hall–Kier alpha value is -0.970. The van der Waals surface area contributed by atoms with Gasteiger partial charge in [0, 0.05) is 38.3 Å². The summed E-state index contributed by atoms with van der Waals surface area (Å²) < 4.78 is 11.8. The van der Waals surface area contributed by atoms with Crippen molar-refractivity contribution in [2.45, 2.75) is 87.9 Å². The van der Waals surface area contributed by atoms with E-state index in [0.717, 1.165) is 18.4 Å². The Labute approximate surface area is 169 Å². The summed E-state index contributed by atoms with van der Waals surface area (Å²) in [4.78, 5) is 2.58. The molecular formula is C22H36N4O2. The van der Waals surface area contributed by atoms with Gasteiger partial charge in [0.2, 0.25) is 0 Å². The lowest BCUT2D eigenvalue weighted by molar-refractivity contribution is -0.0693. The largest absolute Gasteiger partial charge is 0.381 e. The van der Waals surface area contributed by atoms with E-state index >= 15 is 0 Å². The number of likely N-dealkylation sites (tertiary alicyclic amines) is 1. The number of hydrogen-bond donors (Lipinski definition) is 2. The minimum Gasteiger partial charge on any atom is -0.381 e. The zero-order valence-corrected chi connectivity index (χ0v) is 17.4. The highest BCUT2D eigenvalue weighted by Gasteiger charge is 2.41. The van der Waals surface area contributed by atoms with E-state index in [2.05, 4.69) is 27.7 Å². The summed E-state index contributed by atoms with van der Waals surface area (Å²) in [5, 5.41) is 17.2. The molecule has 0 aromatic carbocycles. The van der Waals surface area contributed by atoms with E-state index in [1.54, 1.807) is 0 Å². The molecule has 0 amide bonds. The monoisotopic (exact) mass is 388 g/mol. The number of hydrogen-bond acceptors (Lipinski definition) is 6. The Morgan fingerprint density at radius 1 is 0.964 bits per heavy atom. The number of nitriles is 1. The van der Waals surface area contributed by atoms with Crippen LogP contribution in [0.1, 0.15) is 51.4 Å². The van der Waals surface area contributed by atoms with Gasteiger partial charge in [-0.2, -0.15) is 5.26 Å². The summed E-state index contributed by atoms with van der Waals surface area (Å²) >= 11 is 0. The molecular weight excluding hydrogens is 352 g/mol. The lowest BCUT2D eigenvalue weighted by Gasteiger charge is -2.43. The summed E-state index contributed by atoms with van der Waals surface area (Å²) in [7, 11) is 3.64. The van der Waals surface area contributed by atoms with Crippen molar-refractivity contribution >= 4 is 0 Å². The van der Waals surface area contributed by atoms with Crippen LogP contribution in [0.2, 0.25) is 0 Å². The van der Waals surface area contributed by atoms with Gasteiger partial charge in [0.1, 0.15) is 0 Å². The molecule has 6 atom stereocenters. The van der Waals surface area contributed by atoms with E-state index in [4.69, 9.17) is 9.47 Å². The third kappa shape index (κ3) is 4.15. The topological polar surface area (TPSA) is 69.5 Å². The minimum absolute atomic E-state index is 0.0205. The van der Waals surface area contributed by atoms with Crippen LogP contribution >= 0.6 is 0 Å². The third-order valence-electron chi connectivity index (χ3n) is 7.46. The standard InChI is InChI=1S/C22H36N4O2/c1-27-20-13-19(26-9-5-6-10-26)21(28-2)12-15(20)11-16(14-23)22-24-17-7-3-4-8-18(17)25-22/h11,15,17-22,24-25H,3-10,12-13H2,1-2H3/b16-11-. The van der Waals surface area contributed by atoms with Crippen molar-refractivity contribution in [1.29, 1.82) is 5.26 Å². The molecule has 2 heterocycles. The van der Waals surface area contributed by atoms with Crippen LogP contribution in [0, 0.1) is 17.2 Å². The van der Waals surface area contributed by atoms with E-state index in [-0.39, 0.29) is 24.3 Å². The third-order valence-corrected chi connectivity index (χ3v) is 7.46. The van der Waals surface area contributed by atoms with Crippen LogP contribution in [0.3, 0.4) is 0 Å². The van der Waals surface area contributed by atoms with Crippen LogP contribution in [0.15, 0.2) is 11.6 Å². The normalized spacial score (nSPS) is 42.3. The van der Waals surface area contributed by atoms with Crippen molar-refractivity contribution < 1.29 is 9.47 Å². The molecule has 2 saturated heterocycles. The molecule has 4 rings (SSSR count). The van der Waals surface area contributed by atoms with Crippen molar-refractivity contribution in [2.24, 2.45) is 5.92 Å². The maximum absolute atomic E-state index is 9.88. The van der Waals surface area contributed by atoms with Gasteiger partial charge >= 0.3 is 0 Å². The number of ether oxygens (including phenoxy) is 2. The van der Waals surface area contributed by atoms with Gasteiger partial charge in [-0.15, -0.1) is 0 Å². The van der Waals surface area contributed by atoms with E-state index < -0.39 is 0 Å². The maximum atomic E-state index is 9.88. The van der Waals surface area contributed by atoms with Gasteiger partial charge < -0.3 is 9.47 Å². The first-order chi connectivity index (χ1) is 13.7. The van der Waals surface area contributed by atoms with Crippen LogP contribution in [0.4, 0.5) is 0 Å². The fraction of sp³-hybridized carbons (Fsp3) is 0.864. The Kier molecular flexibility index (Phi) is 6.70. The molecule has 2 aliphatic carbocycles. The molecule has 0 spiro atoms. The van der Waals surface area contributed by atoms with E-state index in [9.17, 15) is 5.26 Å². The zero-order chi connectivity index (χ0) is 19.5. The highest BCUT2D eigenvalue weighted by Crippen LogP contribution is 2.35. The second kappa shape index (κ2) is 9.23. The van der Waals surface area contributed by atoms with Crippen LogP contribution in [0.25, 0.3) is 0 Å². The average molecular weight is 389 g/mol. The predicted octanol–water partition coefficient (Wildman–Crippen LogP) is 2.17. The van der Waals surface area contributed by atoms with Crippen LogP contribution in [0.5, 0.6) is 0 Å². The first-order valence-electron chi connectivity index (χ1n) is 11.2. The molecule has 4 fully saturated rings. The van der Waals surface area contributed by atoms with Crippen molar-refractivity contribution in [1.82, 2.24) is 15.5 Å². The highest BCUT2D eigenvalue weighted by atomic mass is 16.5. The summed E-state index contributed by atoms with van der Waals surface area (Å²) in [6.07, 6.45) is 12.0. The molecule has 0 radical (unpaired) electrons. The van der Waals surface area contributed by atoms with Gasteiger partial charge in [0.15, 0.2) is 0 Å². The summed E-state index contributed by atoms with van der Waals surface area (Å²) in [5.74, 6) is 0.217. The summed E-state index contributed by atoms with van der Waals surface area (Å²) in [6, 6.07) is 3.91. The van der Waals surface area contributed by atoms with Gasteiger partial charge in [-0.3, -0.25) is 15.5 Å². The molecule has 2 N–H and O–H groups in total. The van der Waals surface area contributed by atoms with Crippen LogP contribution in [-0.2, 0) is 9.47 Å². The number of nitrogens with one attached hydrogen (secondary N) is 2. The number of methoxy groups -OCH3 is 2. The highest BCUT2D eigenvalue weighted by molar-refractivity contribution is 5.30. The molecule has 4 aliphatic rings. The second-order valence-electron chi connectivity index (χ2n) is 8.99. The molecule has 0 aromatic heterocycles. The number of rotatable bonds is 5. The molecule has 0 aromatic rings. The summed E-state index contributed by atoms with van der Waals surface area (Å²) in [5.41, 5.74) is 0.816. The van der Waals surface area contributed by atoms with E-state index in [0.29, 0.717) is 18.1 Å². The SMILES string of the molecule is COC1CC(N2CCCC2)C(OC)CC1/C=C(/C#N)C1NC2CCCCC2N1. The minimum atomic E-state index is -0.0205. The molecule has 6 nitrogen and oxygen atoms in total. The summed E-state index contributed by atoms with van der Waals surface area (Å²) in [6.45, 7) is 2.34. The van der Waals surface area contributed by atoms with Crippen molar-refractivity contribution in [3.05, 3.63) is 11.6 Å². The predicted molar refractivity (Wildman–Crippen MR) is 109 cm³/mol. The second-order valence-corrected chi connectivity index (χ2v) is 8.99. The van der Waals surface area contributed by atoms with Gasteiger partial charge in [-0.1, -0.05) is 18.9 Å². The molecule has 6 heteroatoms. The van der Waals surface area contributed by atoms with Crippen LogP contribution < -0.4 is 10.6 Å². The van der Waals surface area contributed by atoms with Crippen molar-refractivity contribution in [3.63, 3.8) is 0 Å². The molecule has 6 unspecified atom stereocenters. The van der Waals surface area contributed by atoms with Gasteiger partial charge in [-0.05, 0) is 51.6 Å². The van der Waals surface area contributed by atoms with Gasteiger partial charge in [0.25, 0.3) is 0 Å². The first kappa shape index (κ1) is 20.3. The zero-order valence-electron chi connectivity index (χ0n) is 17.4. The smallest absolute Gasteiger partial charge is 0.0974 e. The number of nitrogens with zero attached hydrogens (tertiary/aromatic N) is 2. The fourth-order valence-corrected chi connectivity index (χ4v) is 5.91. The fourth-order valence-electron chi connectivity index (χ4n) is 5.91. The van der Waals surface area contributed by atoms with Crippen LogP contribution in [-0.4, -0.2) is 68.7 Å². The Morgan fingerprint density at radius 3 is 2.18 bits per heavy atom. The molecule has 28 heavy (non-hydrogen) atoms. The van der Waals surface area contributed by atoms with Gasteiger partial charge in [0.05, 0.1) is 30.0 Å². The Balaban J connectivity index is 1.47. The number of fused-ring (bicyclic) bond motifs is 1. The lowest BCUT2D eigenvalue weighted by atomic mass is 9.79. The van der Waals surface area contributed by atoms with Crippen molar-refractivity contribution in [2.75, 3.05) is 27.3 Å². The average Bonchev–Trinajstić information content (AvgIpc) is 3.41. The maximum Gasteiger partial charge on any atom is 0.0974 e. The molecule has 2 aliphatic heterocycles. The molecule has 0 bridgehead atoms. The quantitative estimate of drug-likeness (QED) is 0.704. The van der Waals surface area contributed by atoms with E-state index in [1.807, 2.05) is 14.2 Å².